The molecule has 0 atom stereocenters. The Morgan fingerprint density at radius 1 is 1.18 bits per heavy atom. The van der Waals surface area contributed by atoms with Gasteiger partial charge in [-0.2, -0.15) is 0 Å². The third-order valence-corrected chi connectivity index (χ3v) is 2.45. The molecule has 1 aromatic carbocycles. The van der Waals surface area contributed by atoms with Crippen molar-refractivity contribution in [2.24, 2.45) is 0 Å². The molecule has 4 nitrogen and oxygen atoms in total. The van der Waals surface area contributed by atoms with Gasteiger partial charge in [-0.3, -0.25) is 0 Å². The normalized spacial score (nSPS) is 10.0. The third kappa shape index (κ3) is 2.66. The Morgan fingerprint density at radius 3 is 2.65 bits per heavy atom. The van der Waals surface area contributed by atoms with Gasteiger partial charge in [0, 0.05) is 32.0 Å². The Hall–Kier alpha value is -2.23. The zero-order chi connectivity index (χ0) is 12.3. The van der Waals surface area contributed by atoms with Crippen molar-refractivity contribution in [1.82, 2.24) is 4.98 Å². The summed E-state index contributed by atoms with van der Waals surface area (Å²) in [4.78, 5) is 6.03. The first-order chi connectivity index (χ1) is 8.16. The molecule has 0 aliphatic heterocycles. The number of nitrogens with one attached hydrogen (secondary N) is 1. The highest BCUT2D eigenvalue weighted by molar-refractivity contribution is 5.75. The van der Waals surface area contributed by atoms with Crippen molar-refractivity contribution in [2.75, 3.05) is 30.0 Å². The van der Waals surface area contributed by atoms with Crippen LogP contribution in [-0.4, -0.2) is 19.1 Å². The molecule has 1 aromatic heterocycles. The van der Waals surface area contributed by atoms with Crippen LogP contribution in [0.1, 0.15) is 0 Å². The summed E-state index contributed by atoms with van der Waals surface area (Å²) >= 11 is 0. The predicted octanol–water partition coefficient (Wildman–Crippen LogP) is 2.47. The summed E-state index contributed by atoms with van der Waals surface area (Å²) in [5, 5.41) is 3.33. The molecule has 0 unspecified atom stereocenters. The lowest BCUT2D eigenvalue weighted by Crippen LogP contribution is -2.10. The smallest absolute Gasteiger partial charge is 0.125 e. The van der Waals surface area contributed by atoms with Crippen molar-refractivity contribution in [1.29, 1.82) is 0 Å². The van der Waals surface area contributed by atoms with Gasteiger partial charge in [-0.15, -0.1) is 0 Å². The highest BCUT2D eigenvalue weighted by atomic mass is 15.1. The van der Waals surface area contributed by atoms with Gasteiger partial charge in [-0.05, 0) is 18.2 Å². The maximum atomic E-state index is 5.65. The van der Waals surface area contributed by atoms with Crippen LogP contribution in [-0.2, 0) is 0 Å². The minimum atomic E-state index is 0.511. The van der Waals surface area contributed by atoms with Gasteiger partial charge in [-0.1, -0.05) is 12.1 Å². The molecule has 0 saturated carbocycles. The lowest BCUT2D eigenvalue weighted by atomic mass is 10.2. The molecule has 88 valence electrons. The van der Waals surface area contributed by atoms with E-state index >= 15 is 0 Å². The van der Waals surface area contributed by atoms with Crippen LogP contribution in [0.4, 0.5) is 22.9 Å². The van der Waals surface area contributed by atoms with Crippen LogP contribution < -0.4 is 16.0 Å². The molecule has 0 spiro atoms. The molecule has 0 saturated heterocycles. The number of benzene rings is 1. The average Bonchev–Trinajstić information content (AvgIpc) is 2.29. The summed E-state index contributed by atoms with van der Waals surface area (Å²) in [6, 6.07) is 11.8. The summed E-state index contributed by atoms with van der Waals surface area (Å²) in [6.45, 7) is 0. The number of hydrogen-bond acceptors (Lipinski definition) is 4. The Balaban J connectivity index is 2.30. The van der Waals surface area contributed by atoms with Crippen molar-refractivity contribution in [3.8, 4) is 0 Å². The molecule has 0 aliphatic rings. The summed E-state index contributed by atoms with van der Waals surface area (Å²) < 4.78 is 0. The van der Waals surface area contributed by atoms with E-state index < -0.39 is 0 Å². The van der Waals surface area contributed by atoms with E-state index in [2.05, 4.69) is 21.3 Å². The van der Waals surface area contributed by atoms with Gasteiger partial charge in [0.05, 0.1) is 11.4 Å². The minimum absolute atomic E-state index is 0.511. The maximum Gasteiger partial charge on any atom is 0.125 e. The van der Waals surface area contributed by atoms with E-state index in [1.54, 1.807) is 6.20 Å². The summed E-state index contributed by atoms with van der Waals surface area (Å²) in [7, 11) is 4.03. The van der Waals surface area contributed by atoms with Crippen LogP contribution in [0.5, 0.6) is 0 Å². The van der Waals surface area contributed by atoms with Crippen LogP contribution in [0.2, 0.25) is 0 Å². The van der Waals surface area contributed by atoms with E-state index in [1.165, 1.54) is 0 Å². The molecule has 1 heterocycles. The van der Waals surface area contributed by atoms with E-state index in [-0.39, 0.29) is 0 Å². The first kappa shape index (κ1) is 11.3. The monoisotopic (exact) mass is 228 g/mol. The molecule has 3 N–H and O–H groups in total. The van der Waals surface area contributed by atoms with E-state index in [0.717, 1.165) is 17.1 Å². The van der Waals surface area contributed by atoms with Gasteiger partial charge in [0.2, 0.25) is 0 Å². The van der Waals surface area contributed by atoms with Crippen LogP contribution in [0.15, 0.2) is 42.6 Å². The fourth-order valence-electron chi connectivity index (χ4n) is 1.65. The summed E-state index contributed by atoms with van der Waals surface area (Å²) in [5.74, 6) is 0.511. The van der Waals surface area contributed by atoms with Crippen molar-refractivity contribution in [3.05, 3.63) is 42.6 Å². The number of anilines is 4. The van der Waals surface area contributed by atoms with Crippen molar-refractivity contribution >= 4 is 22.9 Å². The van der Waals surface area contributed by atoms with E-state index in [1.807, 2.05) is 44.4 Å². The predicted molar refractivity (Wildman–Crippen MR) is 72.7 cm³/mol. The largest absolute Gasteiger partial charge is 0.384 e. The van der Waals surface area contributed by atoms with E-state index in [9.17, 15) is 0 Å². The van der Waals surface area contributed by atoms with Crippen molar-refractivity contribution < 1.29 is 0 Å². The number of pyridine rings is 1. The Labute approximate surface area is 101 Å². The Morgan fingerprint density at radius 2 is 1.94 bits per heavy atom. The molecule has 0 fully saturated rings. The van der Waals surface area contributed by atoms with Gasteiger partial charge < -0.3 is 16.0 Å². The Bertz CT molecular complexity index is 508. The third-order valence-electron chi connectivity index (χ3n) is 2.45. The molecule has 4 heteroatoms. The van der Waals surface area contributed by atoms with Gasteiger partial charge in [0.25, 0.3) is 0 Å². The Kier molecular flexibility index (Phi) is 3.14. The second-order valence-corrected chi connectivity index (χ2v) is 4.01. The lowest BCUT2D eigenvalue weighted by Gasteiger charge is -2.18. The molecule has 0 radical (unpaired) electrons. The molecule has 0 aliphatic carbocycles. The standard InChI is InChI=1S/C13H16N4/c1-17(2)12-6-4-3-5-11(12)16-10-7-8-15-13(14)9-10/h3-9H,1-2H3,(H3,14,15,16). The quantitative estimate of drug-likeness (QED) is 0.847. The highest BCUT2D eigenvalue weighted by Gasteiger charge is 2.03. The number of hydrogen-bond donors (Lipinski definition) is 2. The zero-order valence-electron chi connectivity index (χ0n) is 10.0. The highest BCUT2D eigenvalue weighted by Crippen LogP contribution is 2.27. The number of aromatic nitrogens is 1. The average molecular weight is 228 g/mol. The number of nitrogens with zero attached hydrogens (tertiary/aromatic N) is 2. The fourth-order valence-corrected chi connectivity index (χ4v) is 1.65. The van der Waals surface area contributed by atoms with Crippen molar-refractivity contribution in [3.63, 3.8) is 0 Å². The van der Waals surface area contributed by atoms with Gasteiger partial charge in [0.15, 0.2) is 0 Å². The summed E-state index contributed by atoms with van der Waals surface area (Å²) in [6.07, 6.45) is 1.69. The van der Waals surface area contributed by atoms with Gasteiger partial charge in [-0.25, -0.2) is 4.98 Å². The van der Waals surface area contributed by atoms with E-state index in [0.29, 0.717) is 5.82 Å². The lowest BCUT2D eigenvalue weighted by molar-refractivity contribution is 1.13. The number of para-hydroxylation sites is 2. The molecule has 2 aromatic rings. The molecule has 2 rings (SSSR count). The second-order valence-electron chi connectivity index (χ2n) is 4.01. The van der Waals surface area contributed by atoms with Crippen molar-refractivity contribution in [2.45, 2.75) is 0 Å². The molecule has 17 heavy (non-hydrogen) atoms. The molecule has 0 amide bonds. The molecular weight excluding hydrogens is 212 g/mol. The first-order valence-corrected chi connectivity index (χ1v) is 5.42. The van der Waals surface area contributed by atoms with Crippen LogP contribution in [0.3, 0.4) is 0 Å². The number of rotatable bonds is 3. The molecular formula is C13H16N4. The fraction of sp³-hybridized carbons (Fsp3) is 0.154. The summed E-state index contributed by atoms with van der Waals surface area (Å²) in [5.41, 5.74) is 8.76. The number of nitrogens with two attached hydrogens (primary N) is 1. The maximum absolute atomic E-state index is 5.65. The number of nitrogen functional groups attached to an aromatic ring is 1. The van der Waals surface area contributed by atoms with Gasteiger partial charge >= 0.3 is 0 Å². The zero-order valence-corrected chi connectivity index (χ0v) is 10.0. The van der Waals surface area contributed by atoms with Gasteiger partial charge in [0.1, 0.15) is 5.82 Å². The molecule has 0 bridgehead atoms. The van der Waals surface area contributed by atoms with Crippen LogP contribution >= 0.6 is 0 Å². The minimum Gasteiger partial charge on any atom is -0.384 e. The van der Waals surface area contributed by atoms with Crippen LogP contribution in [0.25, 0.3) is 0 Å². The second kappa shape index (κ2) is 4.74. The topological polar surface area (TPSA) is 54.2 Å². The van der Waals surface area contributed by atoms with E-state index in [4.69, 9.17) is 5.73 Å². The first-order valence-electron chi connectivity index (χ1n) is 5.42. The van der Waals surface area contributed by atoms with Crippen LogP contribution in [0, 0.1) is 0 Å². The SMILES string of the molecule is CN(C)c1ccccc1Nc1ccnc(N)c1.